The van der Waals surface area contributed by atoms with Gasteiger partial charge in [-0.15, -0.1) is 0 Å². The van der Waals surface area contributed by atoms with Crippen LogP contribution in [0.4, 0.5) is 0 Å². The van der Waals surface area contributed by atoms with Crippen LogP contribution in [0.2, 0.25) is 0 Å². The molecule has 1 N–H and O–H groups in total. The molecule has 18 heavy (non-hydrogen) atoms. The number of rotatable bonds is 5. The normalized spacial score (nSPS) is 21.4. The maximum Gasteiger partial charge on any atom is 0.226 e. The first-order valence-corrected chi connectivity index (χ1v) is 7.45. The summed E-state index contributed by atoms with van der Waals surface area (Å²) in [5, 5.41) is 3.39. The van der Waals surface area contributed by atoms with Gasteiger partial charge in [0, 0.05) is 19.0 Å². The molecule has 0 unspecified atom stereocenters. The van der Waals surface area contributed by atoms with Crippen molar-refractivity contribution in [2.75, 3.05) is 26.2 Å². The molecule has 1 aliphatic heterocycles. The molecule has 0 aromatic carbocycles. The average molecular weight is 250 g/mol. The molecule has 0 atom stereocenters. The SMILES string of the molecule is CCCN(CC1CCNCC1)C(=O)C1CC=CC1. The Morgan fingerprint density at radius 1 is 1.28 bits per heavy atom. The average Bonchev–Trinajstić information content (AvgIpc) is 2.92. The summed E-state index contributed by atoms with van der Waals surface area (Å²) < 4.78 is 0. The fourth-order valence-corrected chi connectivity index (χ4v) is 3.01. The minimum absolute atomic E-state index is 0.235. The summed E-state index contributed by atoms with van der Waals surface area (Å²) in [7, 11) is 0. The van der Waals surface area contributed by atoms with Crippen molar-refractivity contribution in [3.05, 3.63) is 12.2 Å². The number of hydrogen-bond donors (Lipinski definition) is 1. The summed E-state index contributed by atoms with van der Waals surface area (Å²) in [5.74, 6) is 1.33. The number of nitrogens with zero attached hydrogens (tertiary/aromatic N) is 1. The maximum absolute atomic E-state index is 12.5. The first-order valence-electron chi connectivity index (χ1n) is 7.45. The van der Waals surface area contributed by atoms with Crippen LogP contribution in [0, 0.1) is 11.8 Å². The fourth-order valence-electron chi connectivity index (χ4n) is 3.01. The van der Waals surface area contributed by atoms with Crippen molar-refractivity contribution < 1.29 is 4.79 Å². The van der Waals surface area contributed by atoms with Crippen molar-refractivity contribution >= 4 is 5.91 Å². The van der Waals surface area contributed by atoms with E-state index in [2.05, 4.69) is 29.3 Å². The van der Waals surface area contributed by atoms with Gasteiger partial charge < -0.3 is 10.2 Å². The van der Waals surface area contributed by atoms with Crippen molar-refractivity contribution in [2.45, 2.75) is 39.0 Å². The van der Waals surface area contributed by atoms with Crippen molar-refractivity contribution in [3.8, 4) is 0 Å². The highest BCUT2D eigenvalue weighted by atomic mass is 16.2. The third-order valence-corrected chi connectivity index (χ3v) is 4.10. The van der Waals surface area contributed by atoms with E-state index in [1.807, 2.05) is 0 Å². The molecular weight excluding hydrogens is 224 g/mol. The molecular formula is C15H26N2O. The van der Waals surface area contributed by atoms with Gasteiger partial charge in [0.2, 0.25) is 5.91 Å². The third kappa shape index (κ3) is 3.58. The van der Waals surface area contributed by atoms with Gasteiger partial charge in [-0.1, -0.05) is 19.1 Å². The monoisotopic (exact) mass is 250 g/mol. The highest BCUT2D eigenvalue weighted by molar-refractivity contribution is 5.79. The van der Waals surface area contributed by atoms with E-state index in [4.69, 9.17) is 0 Å². The Bertz CT molecular complexity index is 287. The second kappa shape index (κ2) is 6.93. The van der Waals surface area contributed by atoms with Crippen molar-refractivity contribution in [1.29, 1.82) is 0 Å². The van der Waals surface area contributed by atoms with Gasteiger partial charge in [-0.3, -0.25) is 4.79 Å². The van der Waals surface area contributed by atoms with E-state index in [0.717, 1.165) is 45.4 Å². The molecule has 2 rings (SSSR count). The molecule has 0 radical (unpaired) electrons. The lowest BCUT2D eigenvalue weighted by molar-refractivity contribution is -0.136. The van der Waals surface area contributed by atoms with Crippen molar-refractivity contribution in [1.82, 2.24) is 10.2 Å². The molecule has 3 nitrogen and oxygen atoms in total. The van der Waals surface area contributed by atoms with Crippen LogP contribution < -0.4 is 5.32 Å². The number of piperidine rings is 1. The number of carbonyl (C=O) groups is 1. The Morgan fingerprint density at radius 2 is 1.94 bits per heavy atom. The van der Waals surface area contributed by atoms with Gasteiger partial charge in [-0.05, 0) is 51.1 Å². The molecule has 1 aliphatic carbocycles. The molecule has 2 aliphatic rings. The predicted molar refractivity (Wildman–Crippen MR) is 74.3 cm³/mol. The molecule has 0 spiro atoms. The van der Waals surface area contributed by atoms with Gasteiger partial charge >= 0.3 is 0 Å². The zero-order chi connectivity index (χ0) is 12.8. The number of amides is 1. The number of carbonyl (C=O) groups excluding carboxylic acids is 1. The first-order chi connectivity index (χ1) is 8.81. The molecule has 0 aromatic rings. The van der Waals surface area contributed by atoms with Gasteiger partial charge in [-0.25, -0.2) is 0 Å². The minimum Gasteiger partial charge on any atom is -0.342 e. The van der Waals surface area contributed by atoms with Gasteiger partial charge in [0.15, 0.2) is 0 Å². The van der Waals surface area contributed by atoms with Crippen molar-refractivity contribution in [2.24, 2.45) is 11.8 Å². The molecule has 1 amide bonds. The molecule has 102 valence electrons. The smallest absolute Gasteiger partial charge is 0.226 e. The lowest BCUT2D eigenvalue weighted by Crippen LogP contribution is -2.42. The second-order valence-electron chi connectivity index (χ2n) is 5.62. The molecule has 0 bridgehead atoms. The Hall–Kier alpha value is -0.830. The van der Waals surface area contributed by atoms with E-state index >= 15 is 0 Å². The topological polar surface area (TPSA) is 32.3 Å². The van der Waals surface area contributed by atoms with Crippen LogP contribution in [-0.2, 0) is 4.79 Å². The predicted octanol–water partition coefficient (Wildman–Crippen LogP) is 2.19. The summed E-state index contributed by atoms with van der Waals surface area (Å²) in [5.41, 5.74) is 0. The Balaban J connectivity index is 1.87. The summed E-state index contributed by atoms with van der Waals surface area (Å²) in [6, 6.07) is 0. The van der Waals surface area contributed by atoms with Crippen LogP contribution in [-0.4, -0.2) is 37.0 Å². The summed E-state index contributed by atoms with van der Waals surface area (Å²) in [6.45, 7) is 6.30. The zero-order valence-corrected chi connectivity index (χ0v) is 11.5. The third-order valence-electron chi connectivity index (χ3n) is 4.10. The molecule has 0 saturated carbocycles. The lowest BCUT2D eigenvalue weighted by Gasteiger charge is -2.31. The van der Waals surface area contributed by atoms with Crippen LogP contribution in [0.3, 0.4) is 0 Å². The Kier molecular flexibility index (Phi) is 5.24. The Morgan fingerprint density at radius 3 is 2.56 bits per heavy atom. The lowest BCUT2D eigenvalue weighted by atomic mass is 9.96. The van der Waals surface area contributed by atoms with Crippen LogP contribution in [0.1, 0.15) is 39.0 Å². The number of allylic oxidation sites excluding steroid dienone is 2. The molecule has 3 heteroatoms. The number of hydrogen-bond acceptors (Lipinski definition) is 2. The van der Waals surface area contributed by atoms with E-state index in [1.54, 1.807) is 0 Å². The minimum atomic E-state index is 0.235. The van der Waals surface area contributed by atoms with Gasteiger partial charge in [0.05, 0.1) is 0 Å². The van der Waals surface area contributed by atoms with E-state index in [9.17, 15) is 4.79 Å². The quantitative estimate of drug-likeness (QED) is 0.759. The summed E-state index contributed by atoms with van der Waals surface area (Å²) in [4.78, 5) is 14.6. The summed E-state index contributed by atoms with van der Waals surface area (Å²) >= 11 is 0. The van der Waals surface area contributed by atoms with Crippen LogP contribution in [0.5, 0.6) is 0 Å². The summed E-state index contributed by atoms with van der Waals surface area (Å²) in [6.07, 6.45) is 9.70. The van der Waals surface area contributed by atoms with Gasteiger partial charge in [0.25, 0.3) is 0 Å². The molecule has 1 fully saturated rings. The largest absolute Gasteiger partial charge is 0.342 e. The maximum atomic E-state index is 12.5. The first kappa shape index (κ1) is 13.6. The number of nitrogens with one attached hydrogen (secondary N) is 1. The van der Waals surface area contributed by atoms with E-state index in [1.165, 1.54) is 12.8 Å². The standard InChI is InChI=1S/C15H26N2O/c1-2-11-17(12-13-7-9-16-10-8-13)15(18)14-5-3-4-6-14/h3-4,13-14,16H,2,5-12H2,1H3. The zero-order valence-electron chi connectivity index (χ0n) is 11.5. The highest BCUT2D eigenvalue weighted by Gasteiger charge is 2.26. The molecule has 1 heterocycles. The van der Waals surface area contributed by atoms with Crippen LogP contribution >= 0.6 is 0 Å². The van der Waals surface area contributed by atoms with Crippen molar-refractivity contribution in [3.63, 3.8) is 0 Å². The molecule has 1 saturated heterocycles. The fraction of sp³-hybridized carbons (Fsp3) is 0.800. The van der Waals surface area contributed by atoms with Crippen LogP contribution in [0.25, 0.3) is 0 Å². The highest BCUT2D eigenvalue weighted by Crippen LogP contribution is 2.22. The Labute approximate surface area is 111 Å². The van der Waals surface area contributed by atoms with Gasteiger partial charge in [-0.2, -0.15) is 0 Å². The van der Waals surface area contributed by atoms with Gasteiger partial charge in [0.1, 0.15) is 0 Å². The second-order valence-corrected chi connectivity index (χ2v) is 5.62. The van der Waals surface area contributed by atoms with E-state index in [0.29, 0.717) is 11.8 Å². The van der Waals surface area contributed by atoms with E-state index < -0.39 is 0 Å². The van der Waals surface area contributed by atoms with E-state index in [-0.39, 0.29) is 5.92 Å². The van der Waals surface area contributed by atoms with Crippen LogP contribution in [0.15, 0.2) is 12.2 Å². The molecule has 0 aromatic heterocycles.